The number of aromatic nitrogens is 4. The molecule has 126 valence electrons. The minimum absolute atomic E-state index is 0.135. The summed E-state index contributed by atoms with van der Waals surface area (Å²) in [6.07, 6.45) is 0. The predicted octanol–water partition coefficient (Wildman–Crippen LogP) is 4.20. The van der Waals surface area contributed by atoms with Crippen LogP contribution in [0.25, 0.3) is 21.3 Å². The minimum Gasteiger partial charge on any atom is -0.337 e. The van der Waals surface area contributed by atoms with Gasteiger partial charge in [0.05, 0.1) is 9.75 Å². The molecule has 4 heterocycles. The fourth-order valence-corrected chi connectivity index (χ4v) is 4.43. The van der Waals surface area contributed by atoms with E-state index in [2.05, 4.69) is 31.2 Å². The van der Waals surface area contributed by atoms with Gasteiger partial charge in [-0.05, 0) is 47.1 Å². The lowest BCUT2D eigenvalue weighted by molar-refractivity contribution is 0.363. The normalized spacial score (nSPS) is 11.1. The van der Waals surface area contributed by atoms with Crippen LogP contribution in [0.4, 0.5) is 0 Å². The van der Waals surface area contributed by atoms with Crippen LogP contribution in [-0.4, -0.2) is 19.9 Å². The fraction of sp³-hybridized carbons (Fsp3) is 0.125. The zero-order chi connectivity index (χ0) is 17.4. The van der Waals surface area contributed by atoms with Crippen LogP contribution < -0.4 is 5.56 Å². The van der Waals surface area contributed by atoms with Gasteiger partial charge in [0.2, 0.25) is 11.7 Å². The van der Waals surface area contributed by atoms with Gasteiger partial charge in [-0.15, -0.1) is 22.7 Å². The van der Waals surface area contributed by atoms with E-state index in [-0.39, 0.29) is 12.1 Å². The number of hydrogen-bond acceptors (Lipinski definition) is 7. The minimum atomic E-state index is -0.212. The summed E-state index contributed by atoms with van der Waals surface area (Å²) >= 11 is 6.55. The Morgan fingerprint density at radius 3 is 2.84 bits per heavy atom. The Hall–Kier alpha value is -2.10. The topological polar surface area (TPSA) is 73.8 Å². The summed E-state index contributed by atoms with van der Waals surface area (Å²) in [7, 11) is 0. The van der Waals surface area contributed by atoms with Crippen LogP contribution in [0.15, 0.2) is 49.5 Å². The Bertz CT molecular complexity index is 1100. The Morgan fingerprint density at radius 2 is 2.12 bits per heavy atom. The molecule has 0 saturated heterocycles. The molecule has 0 radical (unpaired) electrons. The van der Waals surface area contributed by atoms with Crippen LogP contribution in [0.3, 0.4) is 0 Å². The van der Waals surface area contributed by atoms with Gasteiger partial charge in [0.1, 0.15) is 12.2 Å². The van der Waals surface area contributed by atoms with Crippen LogP contribution in [0.5, 0.6) is 0 Å². The van der Waals surface area contributed by atoms with Crippen molar-refractivity contribution in [3.05, 3.63) is 61.3 Å². The molecule has 0 aliphatic heterocycles. The van der Waals surface area contributed by atoms with Crippen molar-refractivity contribution in [3.63, 3.8) is 0 Å². The highest BCUT2D eigenvalue weighted by atomic mass is 79.9. The van der Waals surface area contributed by atoms with Gasteiger partial charge < -0.3 is 4.52 Å². The molecule has 0 spiro atoms. The van der Waals surface area contributed by atoms with Crippen molar-refractivity contribution >= 4 is 38.6 Å². The quantitative estimate of drug-likeness (QED) is 0.480. The summed E-state index contributed by atoms with van der Waals surface area (Å²) in [5, 5.41) is 10.3. The first-order valence-corrected chi connectivity index (χ1v) is 9.79. The molecule has 0 bridgehead atoms. The highest BCUT2D eigenvalue weighted by Gasteiger charge is 2.13. The van der Waals surface area contributed by atoms with Crippen molar-refractivity contribution in [3.8, 4) is 21.3 Å². The first kappa shape index (κ1) is 16.4. The van der Waals surface area contributed by atoms with Gasteiger partial charge >= 0.3 is 0 Å². The molecule has 0 saturated carbocycles. The van der Waals surface area contributed by atoms with Crippen molar-refractivity contribution in [1.82, 2.24) is 19.9 Å². The standard InChI is InChI=1S/C16H11BrN4O2S2/c1-9-2-4-12(25-9)11-3-5-15(22)21(19-11)7-14-18-16(20-23-14)13-6-10(17)8-24-13/h2-6,8H,7H2,1H3. The van der Waals surface area contributed by atoms with E-state index in [4.69, 9.17) is 4.52 Å². The van der Waals surface area contributed by atoms with E-state index in [1.165, 1.54) is 27.0 Å². The van der Waals surface area contributed by atoms with Crippen LogP contribution in [0.1, 0.15) is 10.8 Å². The number of hydrogen-bond donors (Lipinski definition) is 0. The molecular formula is C16H11BrN4O2S2. The van der Waals surface area contributed by atoms with E-state index in [9.17, 15) is 4.79 Å². The highest BCUT2D eigenvalue weighted by Crippen LogP contribution is 2.28. The summed E-state index contributed by atoms with van der Waals surface area (Å²) in [5.41, 5.74) is 0.537. The third kappa shape index (κ3) is 3.48. The number of thiophene rings is 2. The molecule has 6 nitrogen and oxygen atoms in total. The second-order valence-corrected chi connectivity index (χ2v) is 8.38. The molecule has 0 atom stereocenters. The summed E-state index contributed by atoms with van der Waals surface area (Å²) in [4.78, 5) is 19.6. The maximum Gasteiger partial charge on any atom is 0.267 e. The van der Waals surface area contributed by atoms with Gasteiger partial charge in [0.15, 0.2) is 0 Å². The van der Waals surface area contributed by atoms with E-state index in [0.717, 1.165) is 19.9 Å². The molecule has 4 rings (SSSR count). The van der Waals surface area contributed by atoms with E-state index in [1.54, 1.807) is 17.4 Å². The monoisotopic (exact) mass is 434 g/mol. The Balaban J connectivity index is 1.62. The number of halogens is 1. The van der Waals surface area contributed by atoms with Crippen LogP contribution in [-0.2, 0) is 6.54 Å². The lowest BCUT2D eigenvalue weighted by atomic mass is 10.3. The molecule has 4 aromatic heterocycles. The maximum absolute atomic E-state index is 12.1. The molecular weight excluding hydrogens is 424 g/mol. The van der Waals surface area contributed by atoms with Crippen molar-refractivity contribution in [2.45, 2.75) is 13.5 Å². The summed E-state index contributed by atoms with van der Waals surface area (Å²) in [6.45, 7) is 2.17. The molecule has 4 aromatic rings. The van der Waals surface area contributed by atoms with Gasteiger partial charge in [0.25, 0.3) is 5.56 Å². The molecule has 0 unspecified atom stereocenters. The number of nitrogens with zero attached hydrogens (tertiary/aromatic N) is 4. The molecule has 0 N–H and O–H groups in total. The van der Waals surface area contributed by atoms with Gasteiger partial charge in [0, 0.05) is 20.8 Å². The Labute approximate surface area is 158 Å². The molecule has 9 heteroatoms. The largest absolute Gasteiger partial charge is 0.337 e. The second-order valence-electron chi connectivity index (χ2n) is 5.27. The SMILES string of the molecule is Cc1ccc(-c2ccc(=O)n(Cc3nc(-c4cc(Br)cs4)no3)n2)s1. The summed E-state index contributed by atoms with van der Waals surface area (Å²) in [6, 6.07) is 9.18. The molecule has 0 aromatic carbocycles. The number of rotatable bonds is 4. The Kier molecular flexibility index (Phi) is 4.36. The van der Waals surface area contributed by atoms with Crippen LogP contribution >= 0.6 is 38.6 Å². The van der Waals surface area contributed by atoms with E-state index in [1.807, 2.05) is 30.5 Å². The molecule has 0 amide bonds. The zero-order valence-electron chi connectivity index (χ0n) is 13.0. The van der Waals surface area contributed by atoms with Gasteiger partial charge in [-0.1, -0.05) is 5.16 Å². The molecule has 25 heavy (non-hydrogen) atoms. The number of aryl methyl sites for hydroxylation is 1. The first-order valence-electron chi connectivity index (χ1n) is 7.30. The van der Waals surface area contributed by atoms with Crippen molar-refractivity contribution < 1.29 is 4.52 Å². The predicted molar refractivity (Wildman–Crippen MR) is 101 cm³/mol. The second kappa shape index (κ2) is 6.66. The highest BCUT2D eigenvalue weighted by molar-refractivity contribution is 9.10. The molecule has 0 aliphatic carbocycles. The Morgan fingerprint density at radius 1 is 1.24 bits per heavy atom. The average molecular weight is 435 g/mol. The summed E-state index contributed by atoms with van der Waals surface area (Å²) in [5.74, 6) is 0.845. The lowest BCUT2D eigenvalue weighted by Crippen LogP contribution is -2.22. The summed E-state index contributed by atoms with van der Waals surface area (Å²) < 4.78 is 7.58. The molecule has 0 aliphatic rings. The maximum atomic E-state index is 12.1. The zero-order valence-corrected chi connectivity index (χ0v) is 16.2. The third-order valence-electron chi connectivity index (χ3n) is 3.40. The fourth-order valence-electron chi connectivity index (χ4n) is 2.24. The smallest absolute Gasteiger partial charge is 0.267 e. The van der Waals surface area contributed by atoms with Crippen LogP contribution in [0.2, 0.25) is 0 Å². The third-order valence-corrected chi connectivity index (χ3v) is 6.11. The van der Waals surface area contributed by atoms with Crippen LogP contribution in [0, 0.1) is 6.92 Å². The molecule has 0 fully saturated rings. The van der Waals surface area contributed by atoms with Crippen molar-refractivity contribution in [1.29, 1.82) is 0 Å². The first-order chi connectivity index (χ1) is 12.1. The van der Waals surface area contributed by atoms with E-state index < -0.39 is 0 Å². The average Bonchev–Trinajstić information content (AvgIpc) is 3.31. The van der Waals surface area contributed by atoms with Gasteiger partial charge in [-0.25, -0.2) is 4.68 Å². The van der Waals surface area contributed by atoms with Crippen molar-refractivity contribution in [2.24, 2.45) is 0 Å². The lowest BCUT2D eigenvalue weighted by Gasteiger charge is -2.03. The van der Waals surface area contributed by atoms with Gasteiger partial charge in [-0.2, -0.15) is 10.1 Å². The van der Waals surface area contributed by atoms with E-state index >= 15 is 0 Å². The van der Waals surface area contributed by atoms with Crippen molar-refractivity contribution in [2.75, 3.05) is 0 Å². The van der Waals surface area contributed by atoms with E-state index in [0.29, 0.717) is 11.7 Å². The van der Waals surface area contributed by atoms with Gasteiger partial charge in [-0.3, -0.25) is 4.79 Å².